The summed E-state index contributed by atoms with van der Waals surface area (Å²) in [6.45, 7) is 0.580. The van der Waals surface area contributed by atoms with Crippen LogP contribution >= 0.6 is 11.3 Å². The third-order valence-electron chi connectivity index (χ3n) is 2.93. The van der Waals surface area contributed by atoms with Gasteiger partial charge in [-0.2, -0.15) is 0 Å². The van der Waals surface area contributed by atoms with Crippen molar-refractivity contribution in [2.45, 2.75) is 6.42 Å². The first-order valence-electron chi connectivity index (χ1n) is 6.07. The Labute approximate surface area is 114 Å². The molecule has 19 heavy (non-hydrogen) atoms. The van der Waals surface area contributed by atoms with Crippen molar-refractivity contribution in [3.8, 4) is 0 Å². The van der Waals surface area contributed by atoms with Crippen LogP contribution in [-0.4, -0.2) is 22.4 Å². The van der Waals surface area contributed by atoms with Gasteiger partial charge in [-0.1, -0.05) is 18.2 Å². The Morgan fingerprint density at radius 1 is 1.37 bits per heavy atom. The lowest BCUT2D eigenvalue weighted by Crippen LogP contribution is -2.25. The summed E-state index contributed by atoms with van der Waals surface area (Å²) in [5.74, 6) is 0.861. The van der Waals surface area contributed by atoms with Gasteiger partial charge in [0.1, 0.15) is 5.82 Å². The zero-order valence-electron chi connectivity index (χ0n) is 10.2. The summed E-state index contributed by atoms with van der Waals surface area (Å²) in [7, 11) is 0. The number of carbonyl (C=O) groups excluding carboxylic acids is 1. The molecule has 1 aromatic carbocycles. The molecule has 1 amide bonds. The maximum absolute atomic E-state index is 12.1. The number of rotatable bonds is 4. The van der Waals surface area contributed by atoms with Crippen LogP contribution in [0.5, 0.6) is 0 Å². The first-order valence-corrected chi connectivity index (χ1v) is 6.95. The molecule has 0 aliphatic carbocycles. The number of fused-ring (bicyclic) bond motifs is 1. The van der Waals surface area contributed by atoms with Crippen molar-refractivity contribution in [2.75, 3.05) is 6.54 Å². The van der Waals surface area contributed by atoms with Gasteiger partial charge in [0.05, 0.1) is 5.56 Å². The molecule has 0 aliphatic rings. The van der Waals surface area contributed by atoms with Crippen LogP contribution in [0.2, 0.25) is 0 Å². The first-order chi connectivity index (χ1) is 9.34. The van der Waals surface area contributed by atoms with Crippen molar-refractivity contribution < 1.29 is 4.79 Å². The summed E-state index contributed by atoms with van der Waals surface area (Å²) in [6, 6.07) is 7.94. The van der Waals surface area contributed by atoms with Gasteiger partial charge in [-0.05, 0) is 6.07 Å². The Morgan fingerprint density at radius 2 is 2.26 bits per heavy atom. The third-order valence-corrected chi connectivity index (χ3v) is 3.89. The third kappa shape index (κ3) is 2.51. The predicted octanol–water partition coefficient (Wildman–Crippen LogP) is 2.60. The SMILES string of the molecule is O=C(NCCc1ncc[nH]1)c1csc2ccccc12. The monoisotopic (exact) mass is 271 g/mol. The van der Waals surface area contributed by atoms with Gasteiger partial charge in [0.2, 0.25) is 0 Å². The minimum atomic E-state index is -0.0241. The summed E-state index contributed by atoms with van der Waals surface area (Å²) in [5.41, 5.74) is 0.750. The number of aromatic nitrogens is 2. The summed E-state index contributed by atoms with van der Waals surface area (Å²) in [5, 5.41) is 5.85. The van der Waals surface area contributed by atoms with Crippen LogP contribution in [0.15, 0.2) is 42.0 Å². The van der Waals surface area contributed by atoms with Crippen LogP contribution in [0.25, 0.3) is 10.1 Å². The van der Waals surface area contributed by atoms with Gasteiger partial charge in [0.15, 0.2) is 0 Å². The number of benzene rings is 1. The lowest BCUT2D eigenvalue weighted by Gasteiger charge is -2.03. The Balaban J connectivity index is 1.67. The second-order valence-corrected chi connectivity index (χ2v) is 5.10. The molecule has 0 spiro atoms. The molecule has 2 heterocycles. The number of amides is 1. The average molecular weight is 271 g/mol. The minimum absolute atomic E-state index is 0.0241. The molecule has 0 aliphatic heterocycles. The standard InChI is InChI=1S/C14H13N3OS/c18-14(17-6-5-13-15-7-8-16-13)11-9-19-12-4-2-1-3-10(11)12/h1-4,7-9H,5-6H2,(H,15,16)(H,17,18). The molecule has 3 rings (SSSR count). The van der Waals surface area contributed by atoms with Crippen LogP contribution in [0, 0.1) is 0 Å². The van der Waals surface area contributed by atoms with Crippen molar-refractivity contribution in [1.29, 1.82) is 0 Å². The molecule has 0 saturated carbocycles. The number of nitrogens with one attached hydrogen (secondary N) is 2. The van der Waals surface area contributed by atoms with Crippen LogP contribution in [0.1, 0.15) is 16.2 Å². The maximum Gasteiger partial charge on any atom is 0.252 e. The van der Waals surface area contributed by atoms with E-state index in [1.54, 1.807) is 23.7 Å². The number of H-pyrrole nitrogens is 1. The van der Waals surface area contributed by atoms with Crippen LogP contribution in [0.4, 0.5) is 0 Å². The predicted molar refractivity (Wildman–Crippen MR) is 76.4 cm³/mol. The number of thiophene rings is 1. The smallest absolute Gasteiger partial charge is 0.252 e. The highest BCUT2D eigenvalue weighted by Gasteiger charge is 2.11. The fraction of sp³-hybridized carbons (Fsp3) is 0.143. The molecule has 5 heteroatoms. The molecule has 0 saturated heterocycles. The van der Waals surface area contributed by atoms with Crippen molar-refractivity contribution in [3.63, 3.8) is 0 Å². The van der Waals surface area contributed by atoms with E-state index in [1.807, 2.05) is 29.6 Å². The number of hydrogen-bond donors (Lipinski definition) is 2. The molecular weight excluding hydrogens is 258 g/mol. The van der Waals surface area contributed by atoms with Gasteiger partial charge < -0.3 is 10.3 Å². The van der Waals surface area contributed by atoms with E-state index in [4.69, 9.17) is 0 Å². The largest absolute Gasteiger partial charge is 0.352 e. The molecule has 96 valence electrons. The van der Waals surface area contributed by atoms with E-state index in [0.29, 0.717) is 13.0 Å². The first kappa shape index (κ1) is 11.9. The van der Waals surface area contributed by atoms with Gasteiger partial charge in [-0.3, -0.25) is 4.79 Å². The normalized spacial score (nSPS) is 10.7. The van der Waals surface area contributed by atoms with E-state index in [0.717, 1.165) is 21.5 Å². The van der Waals surface area contributed by atoms with E-state index >= 15 is 0 Å². The van der Waals surface area contributed by atoms with Crippen LogP contribution in [-0.2, 0) is 6.42 Å². The van der Waals surface area contributed by atoms with E-state index in [9.17, 15) is 4.79 Å². The van der Waals surface area contributed by atoms with Gasteiger partial charge in [-0.15, -0.1) is 11.3 Å². The van der Waals surface area contributed by atoms with E-state index in [2.05, 4.69) is 15.3 Å². The zero-order chi connectivity index (χ0) is 13.1. The molecule has 2 aromatic heterocycles. The van der Waals surface area contributed by atoms with Crippen molar-refractivity contribution in [1.82, 2.24) is 15.3 Å². The molecule has 0 unspecified atom stereocenters. The molecule has 0 radical (unpaired) electrons. The molecule has 4 nitrogen and oxygen atoms in total. The van der Waals surface area contributed by atoms with Gasteiger partial charge in [0, 0.05) is 40.8 Å². The topological polar surface area (TPSA) is 57.8 Å². The number of nitrogens with zero attached hydrogens (tertiary/aromatic N) is 1. The fourth-order valence-electron chi connectivity index (χ4n) is 1.98. The van der Waals surface area contributed by atoms with Crippen molar-refractivity contribution >= 4 is 27.3 Å². The van der Waals surface area contributed by atoms with Crippen LogP contribution in [0.3, 0.4) is 0 Å². The maximum atomic E-state index is 12.1. The van der Waals surface area contributed by atoms with E-state index < -0.39 is 0 Å². The number of hydrogen-bond acceptors (Lipinski definition) is 3. The van der Waals surface area contributed by atoms with E-state index in [-0.39, 0.29) is 5.91 Å². The number of carbonyl (C=O) groups is 1. The average Bonchev–Trinajstić information content (AvgIpc) is 3.07. The molecule has 0 atom stereocenters. The Morgan fingerprint density at radius 3 is 3.11 bits per heavy atom. The highest BCUT2D eigenvalue weighted by molar-refractivity contribution is 7.17. The van der Waals surface area contributed by atoms with Gasteiger partial charge in [0.25, 0.3) is 5.91 Å². The highest BCUT2D eigenvalue weighted by Crippen LogP contribution is 2.25. The molecule has 0 fully saturated rings. The van der Waals surface area contributed by atoms with E-state index in [1.165, 1.54) is 0 Å². The zero-order valence-corrected chi connectivity index (χ0v) is 11.0. The van der Waals surface area contributed by atoms with Crippen LogP contribution < -0.4 is 5.32 Å². The molecule has 2 N–H and O–H groups in total. The lowest BCUT2D eigenvalue weighted by atomic mass is 10.1. The summed E-state index contributed by atoms with van der Waals surface area (Å²) in [4.78, 5) is 19.2. The summed E-state index contributed by atoms with van der Waals surface area (Å²) >= 11 is 1.59. The number of aromatic amines is 1. The Bertz CT molecular complexity index is 688. The summed E-state index contributed by atoms with van der Waals surface area (Å²) < 4.78 is 1.14. The van der Waals surface area contributed by atoms with Gasteiger partial charge >= 0.3 is 0 Å². The lowest BCUT2D eigenvalue weighted by molar-refractivity contribution is 0.0956. The fourth-order valence-corrected chi connectivity index (χ4v) is 2.92. The molecule has 3 aromatic rings. The summed E-state index contributed by atoms with van der Waals surface area (Å²) in [6.07, 6.45) is 4.20. The Hall–Kier alpha value is -2.14. The number of imidazole rings is 1. The minimum Gasteiger partial charge on any atom is -0.352 e. The van der Waals surface area contributed by atoms with Gasteiger partial charge in [-0.25, -0.2) is 4.98 Å². The highest BCUT2D eigenvalue weighted by atomic mass is 32.1. The second-order valence-electron chi connectivity index (χ2n) is 4.19. The molecular formula is C14H13N3OS. The van der Waals surface area contributed by atoms with Crippen molar-refractivity contribution in [3.05, 3.63) is 53.4 Å². The quantitative estimate of drug-likeness (QED) is 0.766. The second kappa shape index (κ2) is 5.24. The Kier molecular flexibility index (Phi) is 3.29. The molecule has 0 bridgehead atoms. The van der Waals surface area contributed by atoms with Crippen molar-refractivity contribution in [2.24, 2.45) is 0 Å².